The molecule has 4 nitrogen and oxygen atoms in total. The Morgan fingerprint density at radius 2 is 1.89 bits per heavy atom. The first kappa shape index (κ1) is 19.1. The molecule has 5 heteroatoms. The minimum absolute atomic E-state index is 0.0389. The highest BCUT2D eigenvalue weighted by Gasteiger charge is 2.33. The Hall–Kier alpha value is -2.69. The highest BCUT2D eigenvalue weighted by atomic mass is 19.1. The van der Waals surface area contributed by atoms with E-state index in [1.165, 1.54) is 28.8 Å². The first-order valence-electron chi connectivity index (χ1n) is 9.34. The molecular formula is C22H25FN2O2. The molecule has 3 rings (SSSR count). The van der Waals surface area contributed by atoms with Gasteiger partial charge in [-0.05, 0) is 61.1 Å². The predicted molar refractivity (Wildman–Crippen MR) is 103 cm³/mol. The summed E-state index contributed by atoms with van der Waals surface area (Å²) in [6.07, 6.45) is 1.95. The van der Waals surface area contributed by atoms with Crippen LogP contribution in [0.1, 0.15) is 41.1 Å². The first-order valence-corrected chi connectivity index (χ1v) is 9.34. The van der Waals surface area contributed by atoms with Gasteiger partial charge in [0.25, 0.3) is 0 Å². The summed E-state index contributed by atoms with van der Waals surface area (Å²) in [6, 6.07) is 11.5. The Morgan fingerprint density at radius 3 is 2.59 bits per heavy atom. The second kappa shape index (κ2) is 8.33. The topological polar surface area (TPSA) is 49.4 Å². The normalized spacial score (nSPS) is 16.9. The molecule has 0 saturated carbocycles. The van der Waals surface area contributed by atoms with Crippen LogP contribution in [0.15, 0.2) is 42.5 Å². The van der Waals surface area contributed by atoms with E-state index in [0.717, 1.165) is 12.8 Å². The molecule has 1 unspecified atom stereocenters. The minimum Gasteiger partial charge on any atom is -0.352 e. The third-order valence-corrected chi connectivity index (χ3v) is 5.15. The number of halogens is 1. The van der Waals surface area contributed by atoms with Crippen molar-refractivity contribution in [2.24, 2.45) is 0 Å². The molecule has 2 aromatic carbocycles. The van der Waals surface area contributed by atoms with E-state index in [2.05, 4.69) is 37.4 Å². The highest BCUT2D eigenvalue weighted by molar-refractivity contribution is 5.89. The molecule has 2 amide bonds. The maximum absolute atomic E-state index is 13.2. The van der Waals surface area contributed by atoms with Gasteiger partial charge in [-0.2, -0.15) is 0 Å². The molecule has 0 aromatic heterocycles. The van der Waals surface area contributed by atoms with Crippen molar-refractivity contribution < 1.29 is 14.0 Å². The van der Waals surface area contributed by atoms with Crippen LogP contribution in [0.2, 0.25) is 0 Å². The molecule has 1 fully saturated rings. The number of hydrogen-bond donors (Lipinski definition) is 1. The summed E-state index contributed by atoms with van der Waals surface area (Å²) >= 11 is 0. The summed E-state index contributed by atoms with van der Waals surface area (Å²) in [5.74, 6) is -0.611. The molecule has 1 heterocycles. The van der Waals surface area contributed by atoms with Gasteiger partial charge in [-0.1, -0.05) is 30.3 Å². The van der Waals surface area contributed by atoms with Gasteiger partial charge in [0.15, 0.2) is 0 Å². The van der Waals surface area contributed by atoms with Crippen molar-refractivity contribution >= 4 is 11.8 Å². The van der Waals surface area contributed by atoms with Crippen LogP contribution in [0, 0.1) is 19.7 Å². The standard InChI is InChI=1S/C22H25FN2O2/c1-15-6-7-17(14-16(15)2)4-3-5-20(26)25-13-12-24-22(27)21(25)18-8-10-19(23)11-9-18/h6-11,14,21H,3-5,12-13H2,1-2H3,(H,24,27). The smallest absolute Gasteiger partial charge is 0.247 e. The minimum atomic E-state index is -0.687. The average molecular weight is 368 g/mol. The first-order chi connectivity index (χ1) is 13.0. The van der Waals surface area contributed by atoms with E-state index in [-0.39, 0.29) is 17.6 Å². The zero-order valence-corrected chi connectivity index (χ0v) is 15.8. The Bertz CT molecular complexity index is 833. The van der Waals surface area contributed by atoms with Gasteiger partial charge in [-0.15, -0.1) is 0 Å². The number of aryl methyl sites for hydroxylation is 3. The SMILES string of the molecule is Cc1ccc(CCCC(=O)N2CCNC(=O)C2c2ccc(F)cc2)cc1C. The second-order valence-corrected chi connectivity index (χ2v) is 7.10. The van der Waals surface area contributed by atoms with Crippen molar-refractivity contribution in [1.29, 1.82) is 0 Å². The van der Waals surface area contributed by atoms with Crippen LogP contribution in [-0.2, 0) is 16.0 Å². The van der Waals surface area contributed by atoms with Gasteiger partial charge < -0.3 is 10.2 Å². The number of nitrogens with one attached hydrogen (secondary N) is 1. The summed E-state index contributed by atoms with van der Waals surface area (Å²) in [5, 5.41) is 2.80. The molecule has 27 heavy (non-hydrogen) atoms. The van der Waals surface area contributed by atoms with Crippen LogP contribution in [0.5, 0.6) is 0 Å². The summed E-state index contributed by atoms with van der Waals surface area (Å²) in [4.78, 5) is 26.8. The van der Waals surface area contributed by atoms with Gasteiger partial charge in [0.05, 0.1) is 0 Å². The fraction of sp³-hybridized carbons (Fsp3) is 0.364. The molecular weight excluding hydrogens is 343 g/mol. The van der Waals surface area contributed by atoms with Crippen LogP contribution in [0.25, 0.3) is 0 Å². The largest absolute Gasteiger partial charge is 0.352 e. The summed E-state index contributed by atoms with van der Waals surface area (Å²) in [6.45, 7) is 5.08. The van der Waals surface area contributed by atoms with Crippen molar-refractivity contribution in [2.75, 3.05) is 13.1 Å². The number of amides is 2. The molecule has 0 bridgehead atoms. The number of rotatable bonds is 5. The summed E-state index contributed by atoms with van der Waals surface area (Å²) < 4.78 is 13.2. The number of carbonyl (C=O) groups excluding carboxylic acids is 2. The van der Waals surface area contributed by atoms with Crippen molar-refractivity contribution in [3.8, 4) is 0 Å². The van der Waals surface area contributed by atoms with Crippen LogP contribution in [-0.4, -0.2) is 29.8 Å². The lowest BCUT2D eigenvalue weighted by Crippen LogP contribution is -2.52. The maximum Gasteiger partial charge on any atom is 0.247 e. The molecule has 2 aromatic rings. The fourth-order valence-electron chi connectivity index (χ4n) is 3.46. The van der Waals surface area contributed by atoms with Crippen LogP contribution < -0.4 is 5.32 Å². The lowest BCUT2D eigenvalue weighted by molar-refractivity contribution is -0.143. The van der Waals surface area contributed by atoms with Crippen LogP contribution in [0.3, 0.4) is 0 Å². The third-order valence-electron chi connectivity index (χ3n) is 5.15. The van der Waals surface area contributed by atoms with Crippen molar-refractivity contribution in [3.05, 3.63) is 70.5 Å². The van der Waals surface area contributed by atoms with E-state index >= 15 is 0 Å². The molecule has 0 radical (unpaired) electrons. The average Bonchev–Trinajstić information content (AvgIpc) is 2.65. The molecule has 0 spiro atoms. The molecule has 1 aliphatic rings. The lowest BCUT2D eigenvalue weighted by atomic mass is 10.00. The van der Waals surface area contributed by atoms with E-state index in [0.29, 0.717) is 25.1 Å². The van der Waals surface area contributed by atoms with E-state index in [1.807, 2.05) is 0 Å². The van der Waals surface area contributed by atoms with Gasteiger partial charge in [0.1, 0.15) is 11.9 Å². The van der Waals surface area contributed by atoms with Gasteiger partial charge in [-0.3, -0.25) is 9.59 Å². The Labute approximate surface area is 159 Å². The third kappa shape index (κ3) is 4.54. The Balaban J connectivity index is 1.65. The molecule has 0 aliphatic carbocycles. The summed E-state index contributed by atoms with van der Waals surface area (Å²) in [5.41, 5.74) is 4.37. The van der Waals surface area contributed by atoms with Crippen molar-refractivity contribution in [1.82, 2.24) is 10.2 Å². The molecule has 1 aliphatic heterocycles. The van der Waals surface area contributed by atoms with E-state index in [1.54, 1.807) is 17.0 Å². The van der Waals surface area contributed by atoms with Crippen LogP contribution >= 0.6 is 0 Å². The van der Waals surface area contributed by atoms with Crippen molar-refractivity contribution in [2.45, 2.75) is 39.2 Å². The van der Waals surface area contributed by atoms with E-state index < -0.39 is 6.04 Å². The second-order valence-electron chi connectivity index (χ2n) is 7.10. The predicted octanol–water partition coefficient (Wildman–Crippen LogP) is 3.46. The molecule has 1 saturated heterocycles. The lowest BCUT2D eigenvalue weighted by Gasteiger charge is -2.35. The summed E-state index contributed by atoms with van der Waals surface area (Å²) in [7, 11) is 0. The number of benzene rings is 2. The van der Waals surface area contributed by atoms with Gasteiger partial charge in [-0.25, -0.2) is 4.39 Å². The quantitative estimate of drug-likeness (QED) is 0.879. The highest BCUT2D eigenvalue weighted by Crippen LogP contribution is 2.25. The zero-order chi connectivity index (χ0) is 19.4. The Kier molecular flexibility index (Phi) is 5.89. The number of piperazine rings is 1. The maximum atomic E-state index is 13.2. The van der Waals surface area contributed by atoms with Gasteiger partial charge in [0, 0.05) is 19.5 Å². The number of carbonyl (C=O) groups is 2. The Morgan fingerprint density at radius 1 is 1.15 bits per heavy atom. The van der Waals surface area contributed by atoms with Crippen molar-refractivity contribution in [3.63, 3.8) is 0 Å². The fourth-order valence-corrected chi connectivity index (χ4v) is 3.46. The van der Waals surface area contributed by atoms with Gasteiger partial charge >= 0.3 is 0 Å². The molecule has 1 N–H and O–H groups in total. The van der Waals surface area contributed by atoms with Crippen LogP contribution in [0.4, 0.5) is 4.39 Å². The van der Waals surface area contributed by atoms with Gasteiger partial charge in [0.2, 0.25) is 11.8 Å². The monoisotopic (exact) mass is 368 g/mol. The number of hydrogen-bond acceptors (Lipinski definition) is 2. The number of nitrogens with zero attached hydrogens (tertiary/aromatic N) is 1. The molecule has 1 atom stereocenters. The molecule has 142 valence electrons. The zero-order valence-electron chi connectivity index (χ0n) is 15.8. The van der Waals surface area contributed by atoms with E-state index in [4.69, 9.17) is 0 Å². The van der Waals surface area contributed by atoms with E-state index in [9.17, 15) is 14.0 Å².